The highest BCUT2D eigenvalue weighted by atomic mass is 19.1. The standard InChI is InChI=1S/C13H16F2N2/c14-9-2-1-3-10(15)13(9)12-6-8-7-16-5-4-11(8)17-12/h1-2,8,10-11,16H,3-7H2. The molecule has 3 unspecified atom stereocenters. The van der Waals surface area contributed by atoms with Crippen LogP contribution in [0.15, 0.2) is 28.5 Å². The molecular formula is C13H16F2N2. The second-order valence-electron chi connectivity index (χ2n) is 4.97. The molecule has 0 aromatic heterocycles. The molecule has 2 nitrogen and oxygen atoms in total. The van der Waals surface area contributed by atoms with Crippen molar-refractivity contribution in [1.29, 1.82) is 0 Å². The SMILES string of the molecule is FC1=C(C2=NC3CCNCC3C2)C(F)CC=C1. The minimum Gasteiger partial charge on any atom is -0.316 e. The number of rotatable bonds is 1. The number of nitrogens with one attached hydrogen (secondary N) is 1. The Morgan fingerprint density at radius 1 is 1.41 bits per heavy atom. The van der Waals surface area contributed by atoms with Gasteiger partial charge in [-0.3, -0.25) is 4.99 Å². The highest BCUT2D eigenvalue weighted by Crippen LogP contribution is 2.33. The van der Waals surface area contributed by atoms with E-state index in [0.717, 1.165) is 19.5 Å². The number of fused-ring (bicyclic) bond motifs is 1. The Morgan fingerprint density at radius 2 is 2.29 bits per heavy atom. The molecule has 0 amide bonds. The summed E-state index contributed by atoms with van der Waals surface area (Å²) in [7, 11) is 0. The van der Waals surface area contributed by atoms with Gasteiger partial charge in [-0.05, 0) is 31.4 Å². The van der Waals surface area contributed by atoms with Gasteiger partial charge in [-0.1, -0.05) is 6.08 Å². The molecule has 0 radical (unpaired) electrons. The Bertz CT molecular complexity index is 412. The fourth-order valence-electron chi connectivity index (χ4n) is 2.93. The lowest BCUT2D eigenvalue weighted by Gasteiger charge is -2.23. The van der Waals surface area contributed by atoms with Gasteiger partial charge in [-0.2, -0.15) is 0 Å². The normalized spacial score (nSPS) is 37.1. The summed E-state index contributed by atoms with van der Waals surface area (Å²) in [5, 5.41) is 3.31. The van der Waals surface area contributed by atoms with E-state index in [4.69, 9.17) is 0 Å². The summed E-state index contributed by atoms with van der Waals surface area (Å²) < 4.78 is 27.5. The van der Waals surface area contributed by atoms with E-state index >= 15 is 0 Å². The number of nitrogens with zero attached hydrogens (tertiary/aromatic N) is 1. The van der Waals surface area contributed by atoms with Gasteiger partial charge in [0.05, 0.1) is 6.04 Å². The summed E-state index contributed by atoms with van der Waals surface area (Å²) in [5.41, 5.74) is 0.875. The summed E-state index contributed by atoms with van der Waals surface area (Å²) in [6.07, 6.45) is 3.67. The molecule has 2 aliphatic heterocycles. The maximum absolute atomic E-state index is 13.8. The van der Waals surface area contributed by atoms with E-state index in [2.05, 4.69) is 10.3 Å². The molecule has 92 valence electrons. The van der Waals surface area contributed by atoms with E-state index in [1.165, 1.54) is 6.08 Å². The number of piperidine rings is 1. The summed E-state index contributed by atoms with van der Waals surface area (Å²) in [6.45, 7) is 1.87. The van der Waals surface area contributed by atoms with Crippen molar-refractivity contribution in [3.63, 3.8) is 0 Å². The van der Waals surface area contributed by atoms with Gasteiger partial charge >= 0.3 is 0 Å². The van der Waals surface area contributed by atoms with Gasteiger partial charge in [0, 0.05) is 24.3 Å². The molecule has 0 spiro atoms. The van der Waals surface area contributed by atoms with E-state index < -0.39 is 12.0 Å². The quantitative estimate of drug-likeness (QED) is 0.745. The van der Waals surface area contributed by atoms with Gasteiger partial charge in [0.2, 0.25) is 0 Å². The first-order valence-electron chi connectivity index (χ1n) is 6.23. The van der Waals surface area contributed by atoms with Gasteiger partial charge in [0.25, 0.3) is 0 Å². The van der Waals surface area contributed by atoms with Crippen LogP contribution in [-0.4, -0.2) is 31.0 Å². The molecule has 1 aliphatic carbocycles. The van der Waals surface area contributed by atoms with Gasteiger partial charge in [-0.25, -0.2) is 8.78 Å². The van der Waals surface area contributed by atoms with Crippen molar-refractivity contribution in [1.82, 2.24) is 5.32 Å². The number of allylic oxidation sites excluding steroid dienone is 4. The van der Waals surface area contributed by atoms with Crippen molar-refractivity contribution in [2.75, 3.05) is 13.1 Å². The molecule has 0 aromatic carbocycles. The van der Waals surface area contributed by atoms with E-state index in [1.54, 1.807) is 6.08 Å². The number of aliphatic imine (C=N–C) groups is 1. The molecular weight excluding hydrogens is 222 g/mol. The van der Waals surface area contributed by atoms with E-state index in [0.29, 0.717) is 18.1 Å². The van der Waals surface area contributed by atoms with Crippen molar-refractivity contribution < 1.29 is 8.78 Å². The van der Waals surface area contributed by atoms with Crippen molar-refractivity contribution in [3.8, 4) is 0 Å². The first kappa shape index (κ1) is 11.1. The lowest BCUT2D eigenvalue weighted by Crippen LogP contribution is -2.36. The Kier molecular flexibility index (Phi) is 2.82. The van der Waals surface area contributed by atoms with Crippen LogP contribution < -0.4 is 5.32 Å². The highest BCUT2D eigenvalue weighted by Gasteiger charge is 2.35. The first-order chi connectivity index (χ1) is 8.25. The molecule has 0 saturated carbocycles. The predicted octanol–water partition coefficient (Wildman–Crippen LogP) is 2.33. The van der Waals surface area contributed by atoms with Crippen molar-refractivity contribution in [2.24, 2.45) is 10.9 Å². The summed E-state index contributed by atoms with van der Waals surface area (Å²) in [4.78, 5) is 4.54. The Balaban J connectivity index is 1.87. The maximum Gasteiger partial charge on any atom is 0.133 e. The highest BCUT2D eigenvalue weighted by molar-refractivity contribution is 6.03. The molecule has 1 saturated heterocycles. The summed E-state index contributed by atoms with van der Waals surface area (Å²) >= 11 is 0. The fourth-order valence-corrected chi connectivity index (χ4v) is 2.93. The first-order valence-corrected chi connectivity index (χ1v) is 6.23. The minimum atomic E-state index is -1.22. The molecule has 17 heavy (non-hydrogen) atoms. The molecule has 0 bridgehead atoms. The second-order valence-corrected chi connectivity index (χ2v) is 4.97. The molecule has 3 aliphatic rings. The van der Waals surface area contributed by atoms with Crippen LogP contribution in [0.3, 0.4) is 0 Å². The molecule has 0 aromatic rings. The third-order valence-corrected chi connectivity index (χ3v) is 3.83. The van der Waals surface area contributed by atoms with Crippen LogP contribution >= 0.6 is 0 Å². The topological polar surface area (TPSA) is 24.4 Å². The van der Waals surface area contributed by atoms with Crippen molar-refractivity contribution >= 4 is 5.71 Å². The predicted molar refractivity (Wildman–Crippen MR) is 63.6 cm³/mol. The third kappa shape index (κ3) is 1.95. The molecule has 1 N–H and O–H groups in total. The zero-order chi connectivity index (χ0) is 11.8. The summed E-state index contributed by atoms with van der Waals surface area (Å²) in [5.74, 6) is -0.00809. The van der Waals surface area contributed by atoms with Crippen LogP contribution in [0.1, 0.15) is 19.3 Å². The third-order valence-electron chi connectivity index (χ3n) is 3.83. The van der Waals surface area contributed by atoms with E-state index in [-0.39, 0.29) is 18.0 Å². The Morgan fingerprint density at radius 3 is 3.06 bits per heavy atom. The number of halogens is 2. The molecule has 4 heteroatoms. The number of alkyl halides is 1. The number of hydrogen-bond donors (Lipinski definition) is 1. The van der Waals surface area contributed by atoms with Gasteiger partial charge in [0.15, 0.2) is 0 Å². The molecule has 2 heterocycles. The minimum absolute atomic E-state index is 0.210. The Labute approximate surface area is 99.5 Å². The lowest BCUT2D eigenvalue weighted by atomic mass is 9.89. The van der Waals surface area contributed by atoms with Gasteiger partial charge < -0.3 is 5.32 Å². The van der Waals surface area contributed by atoms with Crippen LogP contribution in [0.25, 0.3) is 0 Å². The fraction of sp³-hybridized carbons (Fsp3) is 0.615. The second kappa shape index (κ2) is 4.33. The van der Waals surface area contributed by atoms with E-state index in [9.17, 15) is 8.78 Å². The van der Waals surface area contributed by atoms with Crippen LogP contribution in [0.2, 0.25) is 0 Å². The average Bonchev–Trinajstić information content (AvgIpc) is 2.71. The maximum atomic E-state index is 13.8. The lowest BCUT2D eigenvalue weighted by molar-refractivity contribution is 0.355. The smallest absolute Gasteiger partial charge is 0.133 e. The van der Waals surface area contributed by atoms with Gasteiger partial charge in [-0.15, -0.1) is 0 Å². The van der Waals surface area contributed by atoms with Crippen LogP contribution in [0.4, 0.5) is 8.78 Å². The zero-order valence-electron chi connectivity index (χ0n) is 9.63. The molecule has 3 rings (SSSR count). The zero-order valence-corrected chi connectivity index (χ0v) is 9.63. The average molecular weight is 238 g/mol. The van der Waals surface area contributed by atoms with Crippen molar-refractivity contribution in [3.05, 3.63) is 23.6 Å². The molecule has 1 fully saturated rings. The summed E-state index contributed by atoms with van der Waals surface area (Å²) in [6, 6.07) is 0.268. The Hall–Kier alpha value is -1.03. The largest absolute Gasteiger partial charge is 0.316 e. The monoisotopic (exact) mass is 238 g/mol. The van der Waals surface area contributed by atoms with Gasteiger partial charge in [0.1, 0.15) is 12.0 Å². The van der Waals surface area contributed by atoms with Crippen molar-refractivity contribution in [2.45, 2.75) is 31.5 Å². The van der Waals surface area contributed by atoms with Crippen LogP contribution in [0, 0.1) is 5.92 Å². The molecule has 3 atom stereocenters. The van der Waals surface area contributed by atoms with Crippen LogP contribution in [0.5, 0.6) is 0 Å². The van der Waals surface area contributed by atoms with Crippen LogP contribution in [-0.2, 0) is 0 Å². The number of hydrogen-bond acceptors (Lipinski definition) is 2. The van der Waals surface area contributed by atoms with E-state index in [1.807, 2.05) is 0 Å².